The number of para-hydroxylation sites is 1. The van der Waals surface area contributed by atoms with Gasteiger partial charge in [-0.05, 0) is 106 Å². The molecule has 4 nitrogen and oxygen atoms in total. The normalized spacial score (nSPS) is 14.0. The molecule has 1 spiro atoms. The molecule has 0 aliphatic heterocycles. The second kappa shape index (κ2) is 13.0. The summed E-state index contributed by atoms with van der Waals surface area (Å²) in [7, 11) is 0. The number of nitrogens with zero attached hydrogens (tertiary/aromatic N) is 3. The molecule has 0 N–H and O–H groups in total. The zero-order valence-corrected chi connectivity index (χ0v) is 34.2. The van der Waals surface area contributed by atoms with E-state index in [4.69, 9.17) is 14.4 Å². The third-order valence-corrected chi connectivity index (χ3v) is 13.9. The van der Waals surface area contributed by atoms with Gasteiger partial charge in [0.15, 0.2) is 5.82 Å². The number of fused-ring (bicyclic) bond motifs is 16. The molecule has 63 heavy (non-hydrogen) atoms. The molecule has 0 saturated heterocycles. The van der Waals surface area contributed by atoms with Gasteiger partial charge in [0.2, 0.25) is 0 Å². The molecule has 3 aromatic heterocycles. The lowest BCUT2D eigenvalue weighted by Crippen LogP contribution is -2.25. The zero-order valence-electron chi connectivity index (χ0n) is 34.2. The number of rotatable bonds is 4. The Morgan fingerprint density at radius 2 is 1.13 bits per heavy atom. The molecule has 0 fully saturated rings. The number of hydrogen-bond acceptors (Lipinski definition) is 3. The first-order valence-corrected chi connectivity index (χ1v) is 21.9. The summed E-state index contributed by atoms with van der Waals surface area (Å²) < 4.78 is 8.83. The van der Waals surface area contributed by atoms with E-state index in [-0.39, 0.29) is 0 Å². The molecular weight excluding hydrogens is 767 g/mol. The SMILES string of the molecule is C1=Cc2oc3cc(-c4cc(-c5ccccc5)nc(-c5cccc(-n6c7ccccc7c7cc8c(cc76)C6(c7ccccc7-c7ccccc76)c6ccccc6-8)c5)n4)ccc3c2CC1. The van der Waals surface area contributed by atoms with Crippen molar-refractivity contribution in [3.63, 3.8) is 0 Å². The van der Waals surface area contributed by atoms with Crippen LogP contribution in [0.5, 0.6) is 0 Å². The van der Waals surface area contributed by atoms with E-state index in [1.54, 1.807) is 0 Å². The van der Waals surface area contributed by atoms with Crippen LogP contribution in [-0.2, 0) is 11.8 Å². The van der Waals surface area contributed by atoms with Crippen LogP contribution in [0.2, 0.25) is 0 Å². The summed E-state index contributed by atoms with van der Waals surface area (Å²) in [6, 6.07) is 68.7. The Bertz CT molecular complexity index is 3710. The van der Waals surface area contributed by atoms with E-state index < -0.39 is 5.41 Å². The highest BCUT2D eigenvalue weighted by Crippen LogP contribution is 2.63. The van der Waals surface area contributed by atoms with Crippen molar-refractivity contribution >= 4 is 38.9 Å². The standard InChI is InChI=1S/C59H37N3O/c1-2-15-36(16-3-1)52-35-53(37-29-30-45-44-23-8-13-28-56(44)63-57(45)32-37)61-58(60-52)38-17-14-18-39(31-38)62-54-27-12-7-22-43(54)47-33-46-42-21-6-11-26-50(42)59(51(46)34-55(47)62)48-24-9-4-19-40(48)41-20-5-10-25-49(41)59/h1-7,9-22,24-35H,8,23H2. The fourth-order valence-corrected chi connectivity index (χ4v) is 11.2. The predicted molar refractivity (Wildman–Crippen MR) is 256 cm³/mol. The lowest BCUT2D eigenvalue weighted by atomic mass is 9.70. The van der Waals surface area contributed by atoms with Crippen molar-refractivity contribution in [2.45, 2.75) is 18.3 Å². The van der Waals surface area contributed by atoms with Crippen LogP contribution in [-0.4, -0.2) is 14.5 Å². The van der Waals surface area contributed by atoms with Crippen LogP contribution >= 0.6 is 0 Å². The average molecular weight is 804 g/mol. The van der Waals surface area contributed by atoms with Crippen LogP contribution in [0.15, 0.2) is 199 Å². The van der Waals surface area contributed by atoms with Gasteiger partial charge < -0.3 is 8.98 Å². The third-order valence-electron chi connectivity index (χ3n) is 13.9. The van der Waals surface area contributed by atoms with Crippen molar-refractivity contribution in [1.82, 2.24) is 14.5 Å². The summed E-state index contributed by atoms with van der Waals surface area (Å²) in [5, 5.41) is 3.63. The summed E-state index contributed by atoms with van der Waals surface area (Å²) in [5.41, 5.74) is 20.4. The largest absolute Gasteiger partial charge is 0.456 e. The molecule has 0 saturated carbocycles. The molecular formula is C59H37N3O. The van der Waals surface area contributed by atoms with Gasteiger partial charge in [-0.15, -0.1) is 0 Å². The summed E-state index contributed by atoms with van der Waals surface area (Å²) in [6.07, 6.45) is 6.33. The molecule has 0 radical (unpaired) electrons. The number of furan rings is 1. The average Bonchev–Trinajstić information content (AvgIpc) is 4.07. The Morgan fingerprint density at radius 3 is 1.90 bits per heavy atom. The van der Waals surface area contributed by atoms with Crippen LogP contribution < -0.4 is 0 Å². The van der Waals surface area contributed by atoms with Crippen molar-refractivity contribution in [3.8, 4) is 61.8 Å². The van der Waals surface area contributed by atoms with Crippen molar-refractivity contribution < 1.29 is 4.42 Å². The first kappa shape index (κ1) is 34.6. The first-order valence-electron chi connectivity index (χ1n) is 21.9. The molecule has 0 unspecified atom stereocenters. The maximum atomic E-state index is 6.39. The van der Waals surface area contributed by atoms with Crippen LogP contribution in [0.3, 0.4) is 0 Å². The van der Waals surface area contributed by atoms with Crippen molar-refractivity contribution in [3.05, 3.63) is 228 Å². The van der Waals surface area contributed by atoms with Crippen molar-refractivity contribution in [1.29, 1.82) is 0 Å². The van der Waals surface area contributed by atoms with Crippen LogP contribution in [0, 0.1) is 0 Å². The lowest BCUT2D eigenvalue weighted by Gasteiger charge is -2.30. The third kappa shape index (κ3) is 4.81. The van der Waals surface area contributed by atoms with E-state index >= 15 is 0 Å². The van der Waals surface area contributed by atoms with E-state index in [9.17, 15) is 0 Å². The number of aryl methyl sites for hydroxylation is 1. The van der Waals surface area contributed by atoms with Crippen molar-refractivity contribution in [2.24, 2.45) is 0 Å². The van der Waals surface area contributed by atoms with Gasteiger partial charge in [-0.3, -0.25) is 0 Å². The van der Waals surface area contributed by atoms with Crippen LogP contribution in [0.1, 0.15) is 40.0 Å². The summed E-state index contributed by atoms with van der Waals surface area (Å²) >= 11 is 0. The monoisotopic (exact) mass is 803 g/mol. The van der Waals surface area contributed by atoms with Gasteiger partial charge in [0, 0.05) is 44.1 Å². The van der Waals surface area contributed by atoms with Gasteiger partial charge in [-0.2, -0.15) is 0 Å². The highest BCUT2D eigenvalue weighted by Gasteiger charge is 2.51. The molecule has 0 atom stereocenters. The summed E-state index contributed by atoms with van der Waals surface area (Å²) in [4.78, 5) is 10.6. The molecule has 3 aliphatic carbocycles. The Hall–Kier alpha value is -8.08. The molecule has 14 rings (SSSR count). The van der Waals surface area contributed by atoms with Gasteiger partial charge in [-0.25, -0.2) is 9.97 Å². The van der Waals surface area contributed by atoms with Crippen LogP contribution in [0.4, 0.5) is 0 Å². The molecule has 3 heterocycles. The van der Waals surface area contributed by atoms with Gasteiger partial charge in [-0.1, -0.05) is 152 Å². The molecule has 8 aromatic carbocycles. The summed E-state index contributed by atoms with van der Waals surface area (Å²) in [6.45, 7) is 0. The van der Waals surface area contributed by atoms with Gasteiger partial charge >= 0.3 is 0 Å². The predicted octanol–water partition coefficient (Wildman–Crippen LogP) is 14.6. The van der Waals surface area contributed by atoms with Gasteiger partial charge in [0.1, 0.15) is 11.3 Å². The smallest absolute Gasteiger partial charge is 0.160 e. The minimum Gasteiger partial charge on any atom is -0.456 e. The van der Waals surface area contributed by atoms with E-state index in [2.05, 4.69) is 199 Å². The van der Waals surface area contributed by atoms with E-state index in [1.807, 2.05) is 6.07 Å². The highest BCUT2D eigenvalue weighted by atomic mass is 16.3. The Balaban J connectivity index is 0.983. The second-order valence-electron chi connectivity index (χ2n) is 17.1. The number of benzene rings is 8. The number of aromatic nitrogens is 3. The zero-order chi connectivity index (χ0) is 41.2. The fourth-order valence-electron chi connectivity index (χ4n) is 11.2. The molecule has 3 aliphatic rings. The Kier molecular flexibility index (Phi) is 7.12. The molecule has 0 bridgehead atoms. The van der Waals surface area contributed by atoms with Gasteiger partial charge in [0.25, 0.3) is 0 Å². The summed E-state index contributed by atoms with van der Waals surface area (Å²) in [5.74, 6) is 1.64. The molecule has 11 aromatic rings. The van der Waals surface area contributed by atoms with E-state index in [0.29, 0.717) is 5.82 Å². The number of allylic oxidation sites excluding steroid dienone is 1. The number of hydrogen-bond donors (Lipinski definition) is 0. The lowest BCUT2D eigenvalue weighted by molar-refractivity contribution is 0.595. The minimum absolute atomic E-state index is 0.437. The second-order valence-corrected chi connectivity index (χ2v) is 17.1. The fraction of sp³-hybridized carbons (Fsp3) is 0.0508. The van der Waals surface area contributed by atoms with E-state index in [0.717, 1.165) is 63.5 Å². The molecule has 4 heteroatoms. The maximum absolute atomic E-state index is 6.39. The topological polar surface area (TPSA) is 43.9 Å². The molecule has 0 amide bonds. The Morgan fingerprint density at radius 1 is 0.460 bits per heavy atom. The van der Waals surface area contributed by atoms with Crippen molar-refractivity contribution in [2.75, 3.05) is 0 Å². The highest BCUT2D eigenvalue weighted by molar-refractivity contribution is 6.12. The minimum atomic E-state index is -0.437. The van der Waals surface area contributed by atoms with Gasteiger partial charge in [0.05, 0.1) is 27.8 Å². The van der Waals surface area contributed by atoms with Crippen LogP contribution in [0.25, 0.3) is 101 Å². The quantitative estimate of drug-likeness (QED) is 0.178. The molecule has 294 valence electrons. The van der Waals surface area contributed by atoms with E-state index in [1.165, 1.54) is 71.7 Å². The first-order chi connectivity index (χ1) is 31.2. The Labute approximate surface area is 364 Å². The maximum Gasteiger partial charge on any atom is 0.160 e.